The number of rotatable bonds is 6. The Morgan fingerprint density at radius 2 is 2.23 bits per heavy atom. The van der Waals surface area contributed by atoms with E-state index in [4.69, 9.17) is 9.47 Å². The lowest BCUT2D eigenvalue weighted by Gasteiger charge is -2.08. The Bertz CT molecular complexity index is 207. The second-order valence-corrected chi connectivity index (χ2v) is 2.82. The summed E-state index contributed by atoms with van der Waals surface area (Å²) in [5, 5.41) is 0.822. The summed E-state index contributed by atoms with van der Waals surface area (Å²) in [7, 11) is 1.57. The molecule has 0 aromatic carbocycles. The van der Waals surface area contributed by atoms with E-state index in [9.17, 15) is 0 Å². The van der Waals surface area contributed by atoms with Crippen LogP contribution in [-0.4, -0.2) is 19.0 Å². The summed E-state index contributed by atoms with van der Waals surface area (Å²) in [5.74, 6) is 1.21. The van der Waals surface area contributed by atoms with Crippen molar-refractivity contribution in [2.75, 3.05) is 19.0 Å². The topological polar surface area (TPSA) is 18.5 Å². The highest BCUT2D eigenvalue weighted by Crippen LogP contribution is 2.09. The first-order valence-corrected chi connectivity index (χ1v) is 5.17. The molecular formula is C10H15BrO2. The molecule has 0 fully saturated rings. The maximum absolute atomic E-state index is 5.31. The summed E-state index contributed by atoms with van der Waals surface area (Å²) in [4.78, 5) is 0. The van der Waals surface area contributed by atoms with Crippen molar-refractivity contribution >= 4 is 15.9 Å². The number of allylic oxidation sites excluding steroid dienone is 3. The van der Waals surface area contributed by atoms with E-state index >= 15 is 0 Å². The molecule has 0 spiro atoms. The molecule has 0 radical (unpaired) electrons. The van der Waals surface area contributed by atoms with Crippen molar-refractivity contribution < 1.29 is 9.47 Å². The minimum atomic E-state index is 0.543. The number of hydrogen-bond acceptors (Lipinski definition) is 2. The van der Waals surface area contributed by atoms with Crippen molar-refractivity contribution in [3.8, 4) is 0 Å². The van der Waals surface area contributed by atoms with Gasteiger partial charge in [0.2, 0.25) is 0 Å². The molecule has 0 heterocycles. The SMILES string of the molecule is C=C(OC)/C(=C\C=C/CBr)OCC. The normalized spacial score (nSPS) is 11.8. The first-order valence-electron chi connectivity index (χ1n) is 4.05. The summed E-state index contributed by atoms with van der Waals surface area (Å²) in [6.45, 7) is 6.24. The Labute approximate surface area is 88.0 Å². The fourth-order valence-electron chi connectivity index (χ4n) is 0.685. The minimum Gasteiger partial charge on any atom is -0.493 e. The third kappa shape index (κ3) is 5.53. The van der Waals surface area contributed by atoms with Crippen LogP contribution in [0.15, 0.2) is 36.3 Å². The molecule has 0 aromatic rings. The van der Waals surface area contributed by atoms with Crippen LogP contribution in [0.2, 0.25) is 0 Å². The quantitative estimate of drug-likeness (QED) is 0.408. The Balaban J connectivity index is 4.30. The Hall–Kier alpha value is -0.700. The van der Waals surface area contributed by atoms with Crippen LogP contribution in [0.1, 0.15) is 6.92 Å². The smallest absolute Gasteiger partial charge is 0.160 e. The van der Waals surface area contributed by atoms with Crippen molar-refractivity contribution in [2.24, 2.45) is 0 Å². The Morgan fingerprint density at radius 3 is 2.69 bits per heavy atom. The van der Waals surface area contributed by atoms with Crippen LogP contribution in [0.3, 0.4) is 0 Å². The molecular weight excluding hydrogens is 232 g/mol. The van der Waals surface area contributed by atoms with Crippen LogP contribution in [0.4, 0.5) is 0 Å². The van der Waals surface area contributed by atoms with Crippen molar-refractivity contribution in [3.63, 3.8) is 0 Å². The van der Waals surface area contributed by atoms with Gasteiger partial charge in [-0.2, -0.15) is 0 Å². The molecule has 0 aliphatic carbocycles. The van der Waals surface area contributed by atoms with Crippen LogP contribution < -0.4 is 0 Å². The molecule has 0 atom stereocenters. The molecule has 0 saturated heterocycles. The molecule has 74 valence electrons. The zero-order valence-corrected chi connectivity index (χ0v) is 9.63. The number of methoxy groups -OCH3 is 1. The van der Waals surface area contributed by atoms with E-state index in [1.165, 1.54) is 0 Å². The van der Waals surface area contributed by atoms with E-state index in [0.717, 1.165) is 5.33 Å². The maximum Gasteiger partial charge on any atom is 0.160 e. The minimum absolute atomic E-state index is 0.543. The molecule has 13 heavy (non-hydrogen) atoms. The molecule has 0 aliphatic heterocycles. The number of halogens is 1. The summed E-state index contributed by atoms with van der Waals surface area (Å²) in [6, 6.07) is 0. The lowest BCUT2D eigenvalue weighted by atomic mass is 10.3. The fourth-order valence-corrected chi connectivity index (χ4v) is 0.900. The van der Waals surface area contributed by atoms with Crippen LogP contribution in [0.25, 0.3) is 0 Å². The average molecular weight is 247 g/mol. The highest BCUT2D eigenvalue weighted by molar-refractivity contribution is 9.09. The zero-order chi connectivity index (χ0) is 10.1. The number of alkyl halides is 1. The van der Waals surface area contributed by atoms with Gasteiger partial charge in [-0.05, 0) is 13.0 Å². The van der Waals surface area contributed by atoms with Gasteiger partial charge in [-0.15, -0.1) is 0 Å². The van der Waals surface area contributed by atoms with Crippen molar-refractivity contribution in [1.82, 2.24) is 0 Å². The molecule has 0 bridgehead atoms. The van der Waals surface area contributed by atoms with E-state index in [1.807, 2.05) is 25.2 Å². The highest BCUT2D eigenvalue weighted by Gasteiger charge is 2.00. The van der Waals surface area contributed by atoms with Gasteiger partial charge in [0.05, 0.1) is 13.7 Å². The zero-order valence-electron chi connectivity index (χ0n) is 8.05. The lowest BCUT2D eigenvalue weighted by molar-refractivity contribution is 0.188. The molecule has 0 saturated carbocycles. The van der Waals surface area contributed by atoms with Crippen molar-refractivity contribution in [1.29, 1.82) is 0 Å². The standard InChI is InChI=1S/C10H15BrO2/c1-4-13-10(9(2)12-3)7-5-6-8-11/h5-7H,2,4,8H2,1,3H3/b6-5-,10-7+. The molecule has 0 amide bonds. The predicted molar refractivity (Wildman–Crippen MR) is 58.8 cm³/mol. The van der Waals surface area contributed by atoms with E-state index in [2.05, 4.69) is 22.5 Å². The molecule has 3 heteroatoms. The van der Waals surface area contributed by atoms with Crippen LogP contribution >= 0.6 is 15.9 Å². The van der Waals surface area contributed by atoms with Gasteiger partial charge >= 0.3 is 0 Å². The van der Waals surface area contributed by atoms with Gasteiger partial charge in [0.1, 0.15) is 0 Å². The molecule has 0 rings (SSSR count). The first kappa shape index (κ1) is 12.3. The number of hydrogen-bond donors (Lipinski definition) is 0. The van der Waals surface area contributed by atoms with Gasteiger partial charge < -0.3 is 9.47 Å². The first-order chi connectivity index (χ1) is 6.26. The lowest BCUT2D eigenvalue weighted by Crippen LogP contribution is -1.96. The Kier molecular flexibility index (Phi) is 7.50. The van der Waals surface area contributed by atoms with Gasteiger partial charge in [-0.1, -0.05) is 34.7 Å². The van der Waals surface area contributed by atoms with Crippen molar-refractivity contribution in [2.45, 2.75) is 6.92 Å². The average Bonchev–Trinajstić information content (AvgIpc) is 2.16. The molecule has 0 N–H and O–H groups in total. The summed E-state index contributed by atoms with van der Waals surface area (Å²) in [6.07, 6.45) is 5.68. The van der Waals surface area contributed by atoms with Gasteiger partial charge in [-0.25, -0.2) is 0 Å². The monoisotopic (exact) mass is 246 g/mol. The summed E-state index contributed by atoms with van der Waals surface area (Å²) >= 11 is 3.28. The second-order valence-electron chi connectivity index (χ2n) is 2.17. The van der Waals surface area contributed by atoms with E-state index in [-0.39, 0.29) is 0 Å². The summed E-state index contributed by atoms with van der Waals surface area (Å²) in [5.41, 5.74) is 0. The van der Waals surface area contributed by atoms with Gasteiger partial charge in [0.15, 0.2) is 11.5 Å². The van der Waals surface area contributed by atoms with Crippen LogP contribution in [0, 0.1) is 0 Å². The van der Waals surface area contributed by atoms with E-state index in [1.54, 1.807) is 7.11 Å². The number of ether oxygens (including phenoxy) is 2. The van der Waals surface area contributed by atoms with Crippen LogP contribution in [-0.2, 0) is 9.47 Å². The Morgan fingerprint density at radius 1 is 1.54 bits per heavy atom. The van der Waals surface area contributed by atoms with Crippen LogP contribution in [0.5, 0.6) is 0 Å². The third-order valence-electron chi connectivity index (χ3n) is 1.29. The molecule has 0 aromatic heterocycles. The molecule has 0 unspecified atom stereocenters. The molecule has 0 aliphatic rings. The van der Waals surface area contributed by atoms with E-state index < -0.39 is 0 Å². The maximum atomic E-state index is 5.31. The van der Waals surface area contributed by atoms with E-state index in [0.29, 0.717) is 18.1 Å². The largest absolute Gasteiger partial charge is 0.493 e. The predicted octanol–water partition coefficient (Wildman–Crippen LogP) is 3.02. The molecule has 2 nitrogen and oxygen atoms in total. The summed E-state index contributed by atoms with van der Waals surface area (Å²) < 4.78 is 10.3. The van der Waals surface area contributed by atoms with Gasteiger partial charge in [0, 0.05) is 5.33 Å². The highest BCUT2D eigenvalue weighted by atomic mass is 79.9. The third-order valence-corrected chi connectivity index (χ3v) is 1.67. The second kappa shape index (κ2) is 7.92. The van der Waals surface area contributed by atoms with Gasteiger partial charge in [-0.3, -0.25) is 0 Å². The van der Waals surface area contributed by atoms with Crippen molar-refractivity contribution in [3.05, 3.63) is 36.3 Å². The fraction of sp³-hybridized carbons (Fsp3) is 0.400. The van der Waals surface area contributed by atoms with Gasteiger partial charge in [0.25, 0.3) is 0 Å².